The summed E-state index contributed by atoms with van der Waals surface area (Å²) in [5, 5.41) is 14.3. The maximum absolute atomic E-state index is 9.97. The molecule has 1 rings (SSSR count). The molecule has 5 nitrogen and oxygen atoms in total. The van der Waals surface area contributed by atoms with Crippen LogP contribution in [0, 0.1) is 10.1 Å². The first-order valence-corrected chi connectivity index (χ1v) is 3.90. The maximum atomic E-state index is 9.97. The fourth-order valence-corrected chi connectivity index (χ4v) is 1.08. The summed E-state index contributed by atoms with van der Waals surface area (Å²) in [6, 6.07) is 6.49. The Kier molecular flexibility index (Phi) is 2.89. The van der Waals surface area contributed by atoms with Crippen molar-refractivity contribution in [1.29, 1.82) is 0 Å². The zero-order valence-electron chi connectivity index (χ0n) is 5.97. The van der Waals surface area contributed by atoms with E-state index >= 15 is 0 Å². The van der Waals surface area contributed by atoms with Crippen molar-refractivity contribution in [2.45, 2.75) is 4.90 Å². The van der Waals surface area contributed by atoms with E-state index in [0.717, 1.165) is 11.9 Å². The van der Waals surface area contributed by atoms with E-state index in [2.05, 4.69) is 4.84 Å². The highest BCUT2D eigenvalue weighted by Crippen LogP contribution is 2.24. The Morgan fingerprint density at radius 1 is 1.50 bits per heavy atom. The molecule has 0 bridgehead atoms. The number of rotatable bonds is 3. The highest BCUT2D eigenvalue weighted by Gasteiger charge is 2.04. The van der Waals surface area contributed by atoms with Gasteiger partial charge in [-0.15, -0.1) is 10.1 Å². The van der Waals surface area contributed by atoms with Crippen molar-refractivity contribution in [1.82, 2.24) is 0 Å². The lowest BCUT2D eigenvalue weighted by Crippen LogP contribution is -2.04. The predicted molar refractivity (Wildman–Crippen MR) is 44.1 cm³/mol. The third kappa shape index (κ3) is 2.11. The second-order valence-corrected chi connectivity index (χ2v) is 2.56. The van der Waals surface area contributed by atoms with E-state index in [1.54, 1.807) is 18.2 Å². The van der Waals surface area contributed by atoms with Crippen molar-refractivity contribution in [3.8, 4) is 5.75 Å². The summed E-state index contributed by atoms with van der Waals surface area (Å²) < 4.78 is 0. The maximum Gasteiger partial charge on any atom is 0.299 e. The van der Waals surface area contributed by atoms with E-state index in [-0.39, 0.29) is 5.75 Å². The molecule has 0 saturated carbocycles. The van der Waals surface area contributed by atoms with Crippen LogP contribution < -0.4 is 9.98 Å². The van der Waals surface area contributed by atoms with Crippen molar-refractivity contribution >= 4 is 11.9 Å². The van der Waals surface area contributed by atoms with Gasteiger partial charge in [-0.1, -0.05) is 12.1 Å². The summed E-state index contributed by atoms with van der Waals surface area (Å²) in [7, 11) is 0. The third-order valence-corrected chi connectivity index (χ3v) is 1.74. The van der Waals surface area contributed by atoms with Gasteiger partial charge in [0.2, 0.25) is 0 Å². The summed E-state index contributed by atoms with van der Waals surface area (Å²) in [6.45, 7) is 0. The van der Waals surface area contributed by atoms with Gasteiger partial charge < -0.3 is 0 Å². The molecule has 0 aliphatic rings. The van der Waals surface area contributed by atoms with Gasteiger partial charge in [-0.3, -0.25) is 9.98 Å². The lowest BCUT2D eigenvalue weighted by Gasteiger charge is -2.02. The summed E-state index contributed by atoms with van der Waals surface area (Å²) in [4.78, 5) is 14.8. The van der Waals surface area contributed by atoms with Gasteiger partial charge in [0.05, 0.1) is 4.90 Å². The number of benzene rings is 1. The Labute approximate surface area is 72.8 Å². The standard InChI is InChI=1S/C6H6N2O3S/c7-12-6-4-2-1-3-5(6)11-8(9)10/h1-4H,7H2. The van der Waals surface area contributed by atoms with Crippen molar-refractivity contribution in [2.24, 2.45) is 5.14 Å². The highest BCUT2D eigenvalue weighted by molar-refractivity contribution is 7.97. The van der Waals surface area contributed by atoms with Gasteiger partial charge in [-0.05, 0) is 24.1 Å². The molecule has 1 aromatic carbocycles. The van der Waals surface area contributed by atoms with E-state index in [0.29, 0.717) is 4.90 Å². The first-order chi connectivity index (χ1) is 5.74. The van der Waals surface area contributed by atoms with Crippen molar-refractivity contribution < 1.29 is 9.92 Å². The molecular weight excluding hydrogens is 180 g/mol. The minimum atomic E-state index is -0.866. The van der Waals surface area contributed by atoms with Crippen LogP contribution in [-0.4, -0.2) is 5.09 Å². The van der Waals surface area contributed by atoms with Crippen LogP contribution in [0.3, 0.4) is 0 Å². The van der Waals surface area contributed by atoms with Crippen LogP contribution in [0.5, 0.6) is 5.75 Å². The molecule has 0 aliphatic heterocycles. The summed E-state index contributed by atoms with van der Waals surface area (Å²) in [5.41, 5.74) is 0. The van der Waals surface area contributed by atoms with Gasteiger partial charge in [0.25, 0.3) is 5.09 Å². The quantitative estimate of drug-likeness (QED) is 0.436. The molecule has 0 aromatic heterocycles. The molecule has 0 heterocycles. The molecule has 0 atom stereocenters. The minimum Gasteiger partial charge on any atom is -0.275 e. The number of hydrogen-bond acceptors (Lipinski definition) is 5. The summed E-state index contributed by atoms with van der Waals surface area (Å²) >= 11 is 0.908. The Balaban J connectivity index is 2.89. The molecule has 12 heavy (non-hydrogen) atoms. The summed E-state index contributed by atoms with van der Waals surface area (Å²) in [6.07, 6.45) is 0. The molecule has 0 spiro atoms. The van der Waals surface area contributed by atoms with Gasteiger partial charge in [0.1, 0.15) is 5.75 Å². The van der Waals surface area contributed by atoms with E-state index in [1.165, 1.54) is 6.07 Å². The first kappa shape index (κ1) is 8.82. The number of nitrogens with zero attached hydrogens (tertiary/aromatic N) is 1. The minimum absolute atomic E-state index is 0.162. The fourth-order valence-electron chi connectivity index (χ4n) is 0.703. The van der Waals surface area contributed by atoms with Crippen LogP contribution in [-0.2, 0) is 0 Å². The molecule has 1 aromatic rings. The van der Waals surface area contributed by atoms with Crippen LogP contribution >= 0.6 is 11.9 Å². The average Bonchev–Trinajstić information content (AvgIpc) is 2.04. The zero-order valence-corrected chi connectivity index (χ0v) is 6.78. The Bertz CT molecular complexity index is 292. The van der Waals surface area contributed by atoms with Crippen LogP contribution in [0.15, 0.2) is 29.2 Å². The molecular formula is C6H6N2O3S. The number of nitrogens with two attached hydrogens (primary N) is 1. The Morgan fingerprint density at radius 3 is 2.75 bits per heavy atom. The third-order valence-electron chi connectivity index (χ3n) is 1.15. The van der Waals surface area contributed by atoms with E-state index in [4.69, 9.17) is 5.14 Å². The predicted octanol–water partition coefficient (Wildman–Crippen LogP) is 1.22. The topological polar surface area (TPSA) is 78.4 Å². The monoisotopic (exact) mass is 186 g/mol. The van der Waals surface area contributed by atoms with E-state index in [9.17, 15) is 10.1 Å². The largest absolute Gasteiger partial charge is 0.299 e. The molecule has 0 radical (unpaired) electrons. The molecule has 0 aliphatic carbocycles. The highest BCUT2D eigenvalue weighted by atomic mass is 32.2. The van der Waals surface area contributed by atoms with Gasteiger partial charge in [-0.2, -0.15) is 0 Å². The van der Waals surface area contributed by atoms with Crippen molar-refractivity contribution in [2.75, 3.05) is 0 Å². The van der Waals surface area contributed by atoms with Crippen LogP contribution in [0.25, 0.3) is 0 Å². The van der Waals surface area contributed by atoms with E-state index < -0.39 is 5.09 Å². The molecule has 0 unspecified atom stereocenters. The molecule has 6 heteroatoms. The SMILES string of the molecule is NSc1ccccc1O[N+](=O)[O-]. The number of para-hydroxylation sites is 1. The lowest BCUT2D eigenvalue weighted by molar-refractivity contribution is -0.711. The molecule has 0 saturated heterocycles. The number of hydrogen-bond donors (Lipinski definition) is 1. The van der Waals surface area contributed by atoms with Gasteiger partial charge in [0, 0.05) is 0 Å². The molecule has 64 valence electrons. The first-order valence-electron chi connectivity index (χ1n) is 3.02. The second kappa shape index (κ2) is 3.93. The fraction of sp³-hybridized carbons (Fsp3) is 0. The summed E-state index contributed by atoms with van der Waals surface area (Å²) in [5.74, 6) is 0.162. The smallest absolute Gasteiger partial charge is 0.275 e. The molecule has 0 amide bonds. The lowest BCUT2D eigenvalue weighted by atomic mass is 10.3. The Morgan fingerprint density at radius 2 is 2.17 bits per heavy atom. The van der Waals surface area contributed by atoms with Crippen LogP contribution in [0.1, 0.15) is 0 Å². The van der Waals surface area contributed by atoms with Crippen molar-refractivity contribution in [3.63, 3.8) is 0 Å². The van der Waals surface area contributed by atoms with Gasteiger partial charge in [-0.25, -0.2) is 0 Å². The molecule has 0 fully saturated rings. The van der Waals surface area contributed by atoms with Crippen LogP contribution in [0.2, 0.25) is 0 Å². The van der Waals surface area contributed by atoms with Gasteiger partial charge >= 0.3 is 0 Å². The second-order valence-electron chi connectivity index (χ2n) is 1.88. The van der Waals surface area contributed by atoms with Crippen LogP contribution in [0.4, 0.5) is 0 Å². The Hall–Kier alpha value is -1.27. The zero-order chi connectivity index (χ0) is 8.97. The molecule has 2 N–H and O–H groups in total. The van der Waals surface area contributed by atoms with Gasteiger partial charge in [0.15, 0.2) is 0 Å². The normalized spacial score (nSPS) is 9.42. The average molecular weight is 186 g/mol. The van der Waals surface area contributed by atoms with Crippen molar-refractivity contribution in [3.05, 3.63) is 34.4 Å². The van der Waals surface area contributed by atoms with E-state index in [1.807, 2.05) is 0 Å².